The van der Waals surface area contributed by atoms with E-state index in [9.17, 15) is 19.2 Å². The van der Waals surface area contributed by atoms with Gasteiger partial charge in [-0.1, -0.05) is 27.7 Å². The maximum Gasteiger partial charge on any atom is 0.407 e. The summed E-state index contributed by atoms with van der Waals surface area (Å²) in [5.41, 5.74) is 7.28. The van der Waals surface area contributed by atoms with Crippen LogP contribution >= 0.6 is 0 Å². The zero-order valence-corrected chi connectivity index (χ0v) is 36.5. The number of hydrogen-bond acceptors (Lipinski definition) is 11. The molecule has 4 aliphatic rings. The van der Waals surface area contributed by atoms with Crippen LogP contribution in [0.4, 0.5) is 9.59 Å². The number of nitrogens with one attached hydrogen (secondary N) is 4. The van der Waals surface area contributed by atoms with Gasteiger partial charge in [0.1, 0.15) is 48.4 Å². The van der Waals surface area contributed by atoms with Gasteiger partial charge in [0.25, 0.3) is 0 Å². The van der Waals surface area contributed by atoms with E-state index >= 15 is 0 Å². The number of alkyl carbamates (subject to hydrolysis) is 2. The van der Waals surface area contributed by atoms with Gasteiger partial charge in [0, 0.05) is 59.0 Å². The monoisotopic (exact) mass is 852 g/mol. The van der Waals surface area contributed by atoms with Crippen molar-refractivity contribution in [2.75, 3.05) is 34.5 Å². The summed E-state index contributed by atoms with van der Waals surface area (Å²) in [5.74, 6) is 2.25. The normalized spacial score (nSPS) is 20.9. The zero-order valence-electron chi connectivity index (χ0n) is 36.5. The highest BCUT2D eigenvalue weighted by Crippen LogP contribution is 2.51. The lowest BCUT2D eigenvalue weighted by Crippen LogP contribution is -2.52. The fourth-order valence-electron chi connectivity index (χ4n) is 9.44. The van der Waals surface area contributed by atoms with Crippen molar-refractivity contribution in [3.63, 3.8) is 0 Å². The van der Waals surface area contributed by atoms with E-state index in [0.29, 0.717) is 44.4 Å². The van der Waals surface area contributed by atoms with Crippen molar-refractivity contribution in [1.29, 1.82) is 0 Å². The zero-order chi connectivity index (χ0) is 44.0. The second-order valence-corrected chi connectivity index (χ2v) is 17.4. The average Bonchev–Trinajstić information content (AvgIpc) is 4.09. The molecule has 4 aliphatic heterocycles. The number of likely N-dealkylation sites (tertiary alicyclic amines) is 2. The van der Waals surface area contributed by atoms with Gasteiger partial charge in [0.05, 0.1) is 56.7 Å². The van der Waals surface area contributed by atoms with Gasteiger partial charge in [-0.3, -0.25) is 9.59 Å². The molecule has 6 heterocycles. The fraction of sp³-hybridized carbons (Fsp3) is 0.511. The molecule has 8 rings (SSSR count). The summed E-state index contributed by atoms with van der Waals surface area (Å²) >= 11 is 0. The van der Waals surface area contributed by atoms with Crippen molar-refractivity contribution in [3.05, 3.63) is 59.4 Å². The van der Waals surface area contributed by atoms with E-state index < -0.39 is 24.3 Å². The first-order valence-corrected chi connectivity index (χ1v) is 21.3. The van der Waals surface area contributed by atoms with Crippen LogP contribution in [-0.2, 0) is 37.0 Å². The van der Waals surface area contributed by atoms with Gasteiger partial charge in [0.2, 0.25) is 11.8 Å². The molecule has 330 valence electrons. The number of imidazole rings is 2. The SMILES string of the molecule is COC[C@H]1C[C@@H](c2ncc(-c3cc4c5c(c3)OCc3cc(-c6cnc([C@@H]7CC[C@H](C)N7C(=O)C(NC(=O)OC)C(C)C)[nH]6)cc(c3-5)OC4)[nH]2)N(C(=O)[C@@H](NC(=O)OC)C(C)C)C1. The summed E-state index contributed by atoms with van der Waals surface area (Å²) in [6.45, 7) is 11.2. The number of nitrogens with zero attached hydrogens (tertiary/aromatic N) is 4. The first-order chi connectivity index (χ1) is 29.8. The number of carbonyl (C=O) groups is 4. The van der Waals surface area contributed by atoms with Gasteiger partial charge in [-0.05, 0) is 62.3 Å². The number of carbonyl (C=O) groups excluding carboxylic acids is 4. The van der Waals surface area contributed by atoms with Crippen LogP contribution in [0.2, 0.25) is 0 Å². The fourth-order valence-corrected chi connectivity index (χ4v) is 9.44. The summed E-state index contributed by atoms with van der Waals surface area (Å²) < 4.78 is 28.0. The van der Waals surface area contributed by atoms with Crippen LogP contribution < -0.4 is 20.1 Å². The molecule has 0 saturated carbocycles. The molecule has 17 heteroatoms. The number of aromatic nitrogens is 4. The average molecular weight is 853 g/mol. The van der Waals surface area contributed by atoms with Gasteiger partial charge in [-0.25, -0.2) is 19.6 Å². The Bertz CT molecular complexity index is 2310. The smallest absolute Gasteiger partial charge is 0.407 e. The molecule has 2 saturated heterocycles. The second kappa shape index (κ2) is 17.3. The third-order valence-electron chi connectivity index (χ3n) is 12.6. The third kappa shape index (κ3) is 7.93. The highest BCUT2D eigenvalue weighted by Gasteiger charge is 2.43. The molecular formula is C45H56N8O9. The molecule has 2 aromatic carbocycles. The van der Waals surface area contributed by atoms with Crippen molar-refractivity contribution < 1.29 is 42.9 Å². The van der Waals surface area contributed by atoms with Crippen LogP contribution in [0, 0.1) is 17.8 Å². The Hall–Kier alpha value is -6.10. The number of amides is 4. The Kier molecular flexibility index (Phi) is 11.9. The molecule has 17 nitrogen and oxygen atoms in total. The lowest BCUT2D eigenvalue weighted by Gasteiger charge is -2.33. The minimum absolute atomic E-state index is 0.0337. The molecule has 0 aliphatic carbocycles. The van der Waals surface area contributed by atoms with Crippen LogP contribution in [0.3, 0.4) is 0 Å². The minimum atomic E-state index is -0.765. The molecule has 4 amide bonds. The van der Waals surface area contributed by atoms with Crippen molar-refractivity contribution in [2.24, 2.45) is 17.8 Å². The van der Waals surface area contributed by atoms with Crippen LogP contribution in [0.25, 0.3) is 33.6 Å². The minimum Gasteiger partial charge on any atom is -0.488 e. The van der Waals surface area contributed by atoms with Crippen molar-refractivity contribution in [3.8, 4) is 45.1 Å². The second-order valence-electron chi connectivity index (χ2n) is 17.4. The van der Waals surface area contributed by atoms with Gasteiger partial charge in [-0.15, -0.1) is 0 Å². The van der Waals surface area contributed by atoms with E-state index in [1.807, 2.05) is 51.7 Å². The van der Waals surface area contributed by atoms with Crippen LogP contribution in [0.15, 0.2) is 36.7 Å². The van der Waals surface area contributed by atoms with Crippen molar-refractivity contribution in [1.82, 2.24) is 40.4 Å². The number of methoxy groups -OCH3 is 3. The molecular weight excluding hydrogens is 797 g/mol. The van der Waals surface area contributed by atoms with Crippen LogP contribution in [-0.4, -0.2) is 106 Å². The molecule has 4 aromatic rings. The third-order valence-corrected chi connectivity index (χ3v) is 12.6. The largest absolute Gasteiger partial charge is 0.488 e. The Morgan fingerprint density at radius 3 is 1.77 bits per heavy atom. The summed E-state index contributed by atoms with van der Waals surface area (Å²) in [6, 6.07) is 6.06. The Morgan fingerprint density at radius 2 is 1.27 bits per heavy atom. The van der Waals surface area contributed by atoms with Gasteiger partial charge >= 0.3 is 12.2 Å². The molecule has 0 bridgehead atoms. The first kappa shape index (κ1) is 42.6. The number of aromatic amines is 2. The standard InChI is InChI=1S/C45H56N8O9/c1-22(2)38(50-44(56)59-7)42(54)52-18-25(19-58-6)11-33(52)41-47-17-31(49-41)27-13-29-21-61-34-14-26(12-28-20-62-35(15-27)37(29)36(28)34)30-16-46-40(48-30)32-10-9-24(5)53(32)43(55)39(23(3)4)51-45(57)60-8/h12-17,22-25,32-33,38-39H,9-11,18-21H2,1-8H3,(H,46,48)(H,47,49)(H,50,56)(H,51,57)/t24-,25-,32-,33-,38-,39?/m0/s1. The summed E-state index contributed by atoms with van der Waals surface area (Å²) in [6.07, 6.45) is 4.46. The molecule has 6 atom stereocenters. The highest BCUT2D eigenvalue weighted by atomic mass is 16.5. The highest BCUT2D eigenvalue weighted by molar-refractivity contribution is 5.89. The van der Waals surface area contributed by atoms with Gasteiger partial charge < -0.3 is 54.1 Å². The van der Waals surface area contributed by atoms with Gasteiger partial charge in [-0.2, -0.15) is 0 Å². The number of ether oxygens (including phenoxy) is 5. The predicted octanol–water partition coefficient (Wildman–Crippen LogP) is 6.27. The van der Waals surface area contributed by atoms with Crippen molar-refractivity contribution >= 4 is 24.0 Å². The van der Waals surface area contributed by atoms with E-state index in [2.05, 4.69) is 32.7 Å². The summed E-state index contributed by atoms with van der Waals surface area (Å²) in [5, 5.41) is 5.44. The number of H-pyrrole nitrogens is 2. The first-order valence-electron chi connectivity index (χ1n) is 21.3. The Labute approximate surface area is 360 Å². The molecule has 2 fully saturated rings. The van der Waals surface area contributed by atoms with E-state index in [0.717, 1.165) is 69.1 Å². The molecule has 4 N–H and O–H groups in total. The van der Waals surface area contributed by atoms with E-state index in [1.165, 1.54) is 14.2 Å². The molecule has 0 spiro atoms. The van der Waals surface area contributed by atoms with Crippen molar-refractivity contribution in [2.45, 2.75) is 97.3 Å². The van der Waals surface area contributed by atoms with Crippen LogP contribution in [0.5, 0.6) is 11.5 Å². The quantitative estimate of drug-likeness (QED) is 0.125. The molecule has 0 radical (unpaired) electrons. The van der Waals surface area contributed by atoms with Crippen LogP contribution in [0.1, 0.15) is 88.7 Å². The molecule has 62 heavy (non-hydrogen) atoms. The molecule has 2 aromatic heterocycles. The van der Waals surface area contributed by atoms with E-state index in [4.69, 9.17) is 33.7 Å². The molecule has 1 unspecified atom stereocenters. The number of benzene rings is 2. The predicted molar refractivity (Wildman–Crippen MR) is 227 cm³/mol. The maximum absolute atomic E-state index is 14.0. The van der Waals surface area contributed by atoms with E-state index in [-0.39, 0.29) is 47.7 Å². The maximum atomic E-state index is 14.0. The van der Waals surface area contributed by atoms with Gasteiger partial charge in [0.15, 0.2) is 0 Å². The number of hydrogen-bond donors (Lipinski definition) is 4. The Balaban J connectivity index is 1.03. The summed E-state index contributed by atoms with van der Waals surface area (Å²) in [4.78, 5) is 72.4. The topological polar surface area (TPSA) is 202 Å². The summed E-state index contributed by atoms with van der Waals surface area (Å²) in [7, 11) is 4.22. The lowest BCUT2D eigenvalue weighted by molar-refractivity contribution is -0.137. The number of rotatable bonds is 12. The lowest BCUT2D eigenvalue weighted by atomic mass is 9.87. The van der Waals surface area contributed by atoms with E-state index in [1.54, 1.807) is 24.4 Å². The Morgan fingerprint density at radius 1 is 0.758 bits per heavy atom.